The van der Waals surface area contributed by atoms with Gasteiger partial charge in [0, 0.05) is 23.5 Å². The van der Waals surface area contributed by atoms with E-state index in [4.69, 9.17) is 5.11 Å². The topological polar surface area (TPSA) is 121 Å². The van der Waals surface area contributed by atoms with E-state index >= 15 is 0 Å². The number of carboxylic acids is 1. The molecule has 0 saturated heterocycles. The minimum Gasteiger partial charge on any atom is -0.508 e. The van der Waals surface area contributed by atoms with Crippen molar-refractivity contribution in [2.75, 3.05) is 0 Å². The van der Waals surface area contributed by atoms with Crippen molar-refractivity contribution < 1.29 is 25.0 Å². The maximum atomic E-state index is 11.0. The number of carbonyl (C=O) groups is 1. The van der Waals surface area contributed by atoms with Gasteiger partial charge < -0.3 is 15.3 Å². The van der Waals surface area contributed by atoms with Gasteiger partial charge >= 0.3 is 5.97 Å². The quantitative estimate of drug-likeness (QED) is 0.552. The number of benzene rings is 2. The monoisotopic (exact) mass is 331 g/mol. The summed E-state index contributed by atoms with van der Waals surface area (Å²) in [5.74, 6) is -1.20. The highest BCUT2D eigenvalue weighted by atomic mass is 16.6. The molecule has 0 spiro atoms. The van der Waals surface area contributed by atoms with Crippen LogP contribution in [-0.4, -0.2) is 26.2 Å². The minimum atomic E-state index is -0.985. The fourth-order valence-electron chi connectivity index (χ4n) is 2.72. The molecule has 0 aromatic heterocycles. The van der Waals surface area contributed by atoms with Crippen LogP contribution in [0.1, 0.15) is 30.9 Å². The molecular weight excluding hydrogens is 314 g/mol. The highest BCUT2D eigenvalue weighted by Gasteiger charge is 2.33. The molecule has 0 aliphatic rings. The lowest BCUT2D eigenvalue weighted by molar-refractivity contribution is -0.385. The third kappa shape index (κ3) is 3.45. The summed E-state index contributed by atoms with van der Waals surface area (Å²) in [5, 5.41) is 39.5. The molecule has 0 amide bonds. The summed E-state index contributed by atoms with van der Waals surface area (Å²) < 4.78 is 0. The summed E-state index contributed by atoms with van der Waals surface area (Å²) in [4.78, 5) is 21.2. The molecule has 24 heavy (non-hydrogen) atoms. The van der Waals surface area contributed by atoms with Gasteiger partial charge in [0.15, 0.2) is 0 Å². The van der Waals surface area contributed by atoms with E-state index in [0.29, 0.717) is 11.1 Å². The van der Waals surface area contributed by atoms with E-state index in [1.165, 1.54) is 24.3 Å². The first kappa shape index (κ1) is 17.3. The third-order valence-electron chi connectivity index (χ3n) is 4.13. The van der Waals surface area contributed by atoms with Gasteiger partial charge in [0.2, 0.25) is 0 Å². The maximum absolute atomic E-state index is 11.0. The average Bonchev–Trinajstić information content (AvgIpc) is 2.53. The van der Waals surface area contributed by atoms with Gasteiger partial charge in [0.25, 0.3) is 5.69 Å². The lowest BCUT2D eigenvalue weighted by Gasteiger charge is -2.31. The van der Waals surface area contributed by atoms with Crippen LogP contribution in [-0.2, 0) is 10.2 Å². The molecule has 2 aromatic carbocycles. The van der Waals surface area contributed by atoms with E-state index in [2.05, 4.69) is 0 Å². The fourth-order valence-corrected chi connectivity index (χ4v) is 2.72. The molecule has 7 heteroatoms. The smallest absolute Gasteiger partial charge is 0.303 e. The predicted molar refractivity (Wildman–Crippen MR) is 86.2 cm³/mol. The second kappa shape index (κ2) is 6.57. The van der Waals surface area contributed by atoms with E-state index in [9.17, 15) is 25.1 Å². The van der Waals surface area contributed by atoms with Gasteiger partial charge in [0.1, 0.15) is 11.5 Å². The number of carboxylic acid groups (broad SMARTS) is 1. The van der Waals surface area contributed by atoms with Crippen molar-refractivity contribution in [3.8, 4) is 11.5 Å². The lowest BCUT2D eigenvalue weighted by Crippen LogP contribution is -2.25. The van der Waals surface area contributed by atoms with E-state index in [-0.39, 0.29) is 30.0 Å². The molecule has 1 atom stereocenters. The van der Waals surface area contributed by atoms with Crippen LogP contribution in [0, 0.1) is 10.1 Å². The number of aliphatic carboxylic acids is 1. The first-order chi connectivity index (χ1) is 11.2. The predicted octanol–water partition coefficient (Wildman–Crippen LogP) is 3.18. The molecule has 0 bridgehead atoms. The Morgan fingerprint density at radius 1 is 1.17 bits per heavy atom. The Bertz CT molecular complexity index is 771. The van der Waals surface area contributed by atoms with Gasteiger partial charge in [0.05, 0.1) is 11.0 Å². The summed E-state index contributed by atoms with van der Waals surface area (Å²) in [5.41, 5.74) is -0.0565. The van der Waals surface area contributed by atoms with Crippen molar-refractivity contribution in [3.63, 3.8) is 0 Å². The minimum absolute atomic E-state index is 0.0623. The Balaban J connectivity index is 2.55. The SMILES string of the molecule is CC(CCC(=O)O)(c1ccc(O)cc1)c1ccc([N+](=O)[O-])cc1O. The number of phenols is 2. The van der Waals surface area contributed by atoms with E-state index in [1.807, 2.05) is 0 Å². The molecule has 0 radical (unpaired) electrons. The Hall–Kier alpha value is -3.09. The molecular formula is C17H17NO6. The second-order valence-electron chi connectivity index (χ2n) is 5.73. The third-order valence-corrected chi connectivity index (χ3v) is 4.13. The maximum Gasteiger partial charge on any atom is 0.303 e. The number of phenolic OH excluding ortho intramolecular Hbond substituents is 2. The Labute approximate surface area is 138 Å². The van der Waals surface area contributed by atoms with Gasteiger partial charge in [-0.25, -0.2) is 0 Å². The fraction of sp³-hybridized carbons (Fsp3) is 0.235. The van der Waals surface area contributed by atoms with Crippen LogP contribution in [0.25, 0.3) is 0 Å². The summed E-state index contributed by atoms with van der Waals surface area (Å²) in [6.07, 6.45) is 0.0340. The number of nitro benzene ring substituents is 1. The van der Waals surface area contributed by atoms with Crippen molar-refractivity contribution in [2.45, 2.75) is 25.2 Å². The second-order valence-corrected chi connectivity index (χ2v) is 5.73. The number of hydrogen-bond donors (Lipinski definition) is 3. The summed E-state index contributed by atoms with van der Waals surface area (Å²) in [7, 11) is 0. The van der Waals surface area contributed by atoms with Crippen molar-refractivity contribution in [1.29, 1.82) is 0 Å². The van der Waals surface area contributed by atoms with Crippen LogP contribution >= 0.6 is 0 Å². The molecule has 0 heterocycles. The molecule has 3 N–H and O–H groups in total. The highest BCUT2D eigenvalue weighted by Crippen LogP contribution is 2.42. The number of hydrogen-bond acceptors (Lipinski definition) is 5. The van der Waals surface area contributed by atoms with E-state index in [1.54, 1.807) is 19.1 Å². The molecule has 0 fully saturated rings. The van der Waals surface area contributed by atoms with Crippen LogP contribution in [0.4, 0.5) is 5.69 Å². The normalized spacial score (nSPS) is 13.2. The Morgan fingerprint density at radius 2 is 1.79 bits per heavy atom. The Morgan fingerprint density at radius 3 is 2.29 bits per heavy atom. The molecule has 2 rings (SSSR count). The first-order valence-corrected chi connectivity index (χ1v) is 7.23. The standard InChI is InChI=1S/C17H17NO6/c1-17(9-8-16(21)22,11-2-5-13(19)6-3-11)14-7-4-12(18(23)24)10-15(14)20/h2-7,10,19-20H,8-9H2,1H3,(H,21,22). The summed E-state index contributed by atoms with van der Waals surface area (Å²) in [6, 6.07) is 9.97. The first-order valence-electron chi connectivity index (χ1n) is 7.23. The zero-order valence-electron chi connectivity index (χ0n) is 13.0. The van der Waals surface area contributed by atoms with Gasteiger partial charge in [-0.3, -0.25) is 14.9 Å². The van der Waals surface area contributed by atoms with Crippen LogP contribution in [0.2, 0.25) is 0 Å². The molecule has 1 unspecified atom stereocenters. The van der Waals surface area contributed by atoms with Crippen molar-refractivity contribution in [1.82, 2.24) is 0 Å². The van der Waals surface area contributed by atoms with Gasteiger partial charge in [-0.05, 0) is 30.2 Å². The van der Waals surface area contributed by atoms with Gasteiger partial charge in [-0.2, -0.15) is 0 Å². The number of nitro groups is 1. The largest absolute Gasteiger partial charge is 0.508 e. The van der Waals surface area contributed by atoms with E-state index < -0.39 is 16.3 Å². The average molecular weight is 331 g/mol. The van der Waals surface area contributed by atoms with Gasteiger partial charge in [-0.1, -0.05) is 19.1 Å². The van der Waals surface area contributed by atoms with Crippen molar-refractivity contribution in [3.05, 3.63) is 63.7 Å². The van der Waals surface area contributed by atoms with Crippen LogP contribution in [0.3, 0.4) is 0 Å². The van der Waals surface area contributed by atoms with Crippen molar-refractivity contribution >= 4 is 11.7 Å². The zero-order valence-corrected chi connectivity index (χ0v) is 13.0. The van der Waals surface area contributed by atoms with Crippen LogP contribution in [0.15, 0.2) is 42.5 Å². The summed E-state index contributed by atoms with van der Waals surface area (Å²) in [6.45, 7) is 1.75. The molecule has 0 saturated carbocycles. The van der Waals surface area contributed by atoms with Crippen molar-refractivity contribution in [2.24, 2.45) is 0 Å². The van der Waals surface area contributed by atoms with E-state index in [0.717, 1.165) is 6.07 Å². The molecule has 2 aromatic rings. The molecule has 0 aliphatic carbocycles. The Kier molecular flexibility index (Phi) is 4.73. The number of aromatic hydroxyl groups is 2. The zero-order chi connectivity index (χ0) is 17.9. The molecule has 126 valence electrons. The van der Waals surface area contributed by atoms with Crippen LogP contribution < -0.4 is 0 Å². The van der Waals surface area contributed by atoms with Gasteiger partial charge in [-0.15, -0.1) is 0 Å². The highest BCUT2D eigenvalue weighted by molar-refractivity contribution is 5.67. The number of rotatable bonds is 6. The molecule has 0 aliphatic heterocycles. The number of nitrogens with zero attached hydrogens (tertiary/aromatic N) is 1. The summed E-state index contributed by atoms with van der Waals surface area (Å²) >= 11 is 0. The lowest BCUT2D eigenvalue weighted by atomic mass is 9.72. The van der Waals surface area contributed by atoms with Crippen LogP contribution in [0.5, 0.6) is 11.5 Å². The number of non-ortho nitro benzene ring substituents is 1. The molecule has 7 nitrogen and oxygen atoms in total.